The SMILES string of the molecule is CNc1cc(Nc2cccn(-c3ncccc3F)c2=O)nc2c(C(=O)N[C@@H]3CCC3(F)F)cnn12. The molecule has 0 unspecified atom stereocenters. The van der Waals surface area contributed by atoms with Crippen LogP contribution in [0.4, 0.5) is 30.5 Å². The van der Waals surface area contributed by atoms with E-state index < -0.39 is 29.2 Å². The van der Waals surface area contributed by atoms with Crippen molar-refractivity contribution in [3.8, 4) is 5.82 Å². The number of rotatable bonds is 6. The van der Waals surface area contributed by atoms with Gasteiger partial charge in [-0.15, -0.1) is 0 Å². The molecule has 180 valence electrons. The van der Waals surface area contributed by atoms with E-state index in [2.05, 4.69) is 31.0 Å². The van der Waals surface area contributed by atoms with Gasteiger partial charge >= 0.3 is 0 Å². The standard InChI is InChI=1S/C22H19F3N8O2/c1-26-17-10-16(29-14-5-3-9-32(21(14)35)19-13(23)4-2-8-27-19)31-18-12(11-28-33(17)18)20(34)30-15-6-7-22(15,24)25/h2-5,8-11,15,26H,6-7H2,1H3,(H,29,31)(H,30,34)/t15-/m1/s1. The lowest BCUT2D eigenvalue weighted by molar-refractivity contribution is -0.102. The van der Waals surface area contributed by atoms with Gasteiger partial charge in [0.15, 0.2) is 17.3 Å². The number of hydrogen-bond donors (Lipinski definition) is 3. The van der Waals surface area contributed by atoms with Crippen molar-refractivity contribution in [2.75, 3.05) is 17.7 Å². The van der Waals surface area contributed by atoms with Crippen LogP contribution in [0.3, 0.4) is 0 Å². The minimum atomic E-state index is -2.95. The zero-order valence-corrected chi connectivity index (χ0v) is 18.3. The molecular weight excluding hydrogens is 465 g/mol. The second kappa shape index (κ2) is 8.42. The van der Waals surface area contributed by atoms with Crippen molar-refractivity contribution in [1.82, 2.24) is 29.5 Å². The minimum Gasteiger partial charge on any atom is -0.373 e. The topological polar surface area (TPSA) is 118 Å². The molecule has 13 heteroatoms. The average molecular weight is 484 g/mol. The Hall–Kier alpha value is -4.42. The molecular formula is C22H19F3N8O2. The summed E-state index contributed by atoms with van der Waals surface area (Å²) in [5, 5.41) is 12.2. The maximum Gasteiger partial charge on any atom is 0.280 e. The first kappa shape index (κ1) is 22.4. The number of alkyl halides is 2. The van der Waals surface area contributed by atoms with Crippen LogP contribution in [-0.2, 0) is 0 Å². The molecule has 1 saturated carbocycles. The highest BCUT2D eigenvalue weighted by atomic mass is 19.3. The smallest absolute Gasteiger partial charge is 0.280 e. The van der Waals surface area contributed by atoms with Crippen LogP contribution in [-0.4, -0.2) is 49.1 Å². The summed E-state index contributed by atoms with van der Waals surface area (Å²) in [5.74, 6) is -3.93. The van der Waals surface area contributed by atoms with Crippen molar-refractivity contribution in [2.24, 2.45) is 0 Å². The highest BCUT2D eigenvalue weighted by Gasteiger charge is 2.49. The molecule has 0 aliphatic heterocycles. The third kappa shape index (κ3) is 3.94. The highest BCUT2D eigenvalue weighted by molar-refractivity contribution is 6.00. The minimum absolute atomic E-state index is 0.00567. The molecule has 35 heavy (non-hydrogen) atoms. The second-order valence-electron chi connectivity index (χ2n) is 7.93. The van der Waals surface area contributed by atoms with Gasteiger partial charge in [-0.3, -0.25) is 14.2 Å². The summed E-state index contributed by atoms with van der Waals surface area (Å²) >= 11 is 0. The van der Waals surface area contributed by atoms with Gasteiger partial charge in [-0.05, 0) is 30.7 Å². The molecule has 1 amide bonds. The molecule has 4 aromatic rings. The molecule has 4 heterocycles. The molecule has 5 rings (SSSR count). The van der Waals surface area contributed by atoms with Gasteiger partial charge < -0.3 is 16.0 Å². The number of anilines is 3. The summed E-state index contributed by atoms with van der Waals surface area (Å²) in [7, 11) is 1.62. The number of carbonyl (C=O) groups excluding carboxylic acids is 1. The van der Waals surface area contributed by atoms with Gasteiger partial charge in [0.25, 0.3) is 17.4 Å². The Labute approximate surface area is 195 Å². The molecule has 0 aromatic carbocycles. The Morgan fingerprint density at radius 1 is 1.26 bits per heavy atom. The molecule has 10 nitrogen and oxygen atoms in total. The van der Waals surface area contributed by atoms with Crippen molar-refractivity contribution < 1.29 is 18.0 Å². The van der Waals surface area contributed by atoms with E-state index in [9.17, 15) is 22.8 Å². The van der Waals surface area contributed by atoms with E-state index in [-0.39, 0.29) is 41.4 Å². The molecule has 0 spiro atoms. The number of halogens is 3. The van der Waals surface area contributed by atoms with Crippen LogP contribution in [0.1, 0.15) is 23.2 Å². The normalized spacial score (nSPS) is 16.5. The van der Waals surface area contributed by atoms with Crippen LogP contribution in [0.15, 0.2) is 53.7 Å². The van der Waals surface area contributed by atoms with Gasteiger partial charge in [-0.1, -0.05) is 0 Å². The van der Waals surface area contributed by atoms with Crippen LogP contribution in [0.5, 0.6) is 0 Å². The number of carbonyl (C=O) groups is 1. The van der Waals surface area contributed by atoms with Gasteiger partial charge in [-0.2, -0.15) is 9.61 Å². The fraction of sp³-hybridized carbons (Fsp3) is 0.227. The fourth-order valence-corrected chi connectivity index (χ4v) is 3.73. The molecule has 4 aromatic heterocycles. The van der Waals surface area contributed by atoms with Gasteiger partial charge in [0, 0.05) is 31.9 Å². The summed E-state index contributed by atoms with van der Waals surface area (Å²) in [6, 6.07) is 5.91. The predicted molar refractivity (Wildman–Crippen MR) is 121 cm³/mol. The largest absolute Gasteiger partial charge is 0.373 e. The molecule has 1 aliphatic carbocycles. The highest BCUT2D eigenvalue weighted by Crippen LogP contribution is 2.37. The van der Waals surface area contributed by atoms with Crippen LogP contribution in [0, 0.1) is 5.82 Å². The van der Waals surface area contributed by atoms with Crippen LogP contribution >= 0.6 is 0 Å². The lowest BCUT2D eigenvalue weighted by Gasteiger charge is -2.36. The number of nitrogens with one attached hydrogen (secondary N) is 3. The first-order valence-electron chi connectivity index (χ1n) is 10.6. The van der Waals surface area contributed by atoms with Crippen LogP contribution in [0.2, 0.25) is 0 Å². The molecule has 0 bridgehead atoms. The van der Waals surface area contributed by atoms with Gasteiger partial charge in [-0.25, -0.2) is 23.1 Å². The Kier molecular flexibility index (Phi) is 5.38. The summed E-state index contributed by atoms with van der Waals surface area (Å²) < 4.78 is 43.8. The Balaban J connectivity index is 1.50. The van der Waals surface area contributed by atoms with Crippen molar-refractivity contribution in [1.29, 1.82) is 0 Å². The summed E-state index contributed by atoms with van der Waals surface area (Å²) in [6.07, 6.45) is 3.88. The second-order valence-corrected chi connectivity index (χ2v) is 7.93. The monoisotopic (exact) mass is 484 g/mol. The predicted octanol–water partition coefficient (Wildman–Crippen LogP) is 2.73. The maximum atomic E-state index is 14.2. The lowest BCUT2D eigenvalue weighted by Crippen LogP contribution is -2.55. The summed E-state index contributed by atoms with van der Waals surface area (Å²) in [6.45, 7) is 0. The maximum absolute atomic E-state index is 14.2. The average Bonchev–Trinajstić information content (AvgIpc) is 3.27. The van der Waals surface area contributed by atoms with E-state index in [4.69, 9.17) is 0 Å². The number of fused-ring (bicyclic) bond motifs is 1. The lowest BCUT2D eigenvalue weighted by atomic mass is 9.88. The Bertz CT molecular complexity index is 1500. The molecule has 1 atom stereocenters. The quantitative estimate of drug-likeness (QED) is 0.385. The van der Waals surface area contributed by atoms with E-state index >= 15 is 0 Å². The number of hydrogen-bond acceptors (Lipinski definition) is 7. The van der Waals surface area contributed by atoms with E-state index in [0.29, 0.717) is 5.82 Å². The molecule has 0 saturated heterocycles. The Morgan fingerprint density at radius 3 is 2.77 bits per heavy atom. The first-order valence-corrected chi connectivity index (χ1v) is 10.6. The van der Waals surface area contributed by atoms with Crippen LogP contribution in [0.25, 0.3) is 11.5 Å². The van der Waals surface area contributed by atoms with E-state index in [1.807, 2.05) is 0 Å². The molecule has 0 radical (unpaired) electrons. The molecule has 1 aliphatic rings. The number of aromatic nitrogens is 5. The van der Waals surface area contributed by atoms with E-state index in [1.54, 1.807) is 13.1 Å². The Morgan fingerprint density at radius 2 is 2.09 bits per heavy atom. The van der Waals surface area contributed by atoms with E-state index in [0.717, 1.165) is 4.57 Å². The zero-order valence-electron chi connectivity index (χ0n) is 18.3. The third-order valence-corrected chi connectivity index (χ3v) is 5.73. The van der Waals surface area contributed by atoms with Gasteiger partial charge in [0.2, 0.25) is 0 Å². The third-order valence-electron chi connectivity index (χ3n) is 5.73. The molecule has 1 fully saturated rings. The zero-order chi connectivity index (χ0) is 24.7. The summed E-state index contributed by atoms with van der Waals surface area (Å²) in [4.78, 5) is 34.0. The summed E-state index contributed by atoms with van der Waals surface area (Å²) in [5.41, 5.74) is -0.437. The van der Waals surface area contributed by atoms with Crippen molar-refractivity contribution >= 4 is 28.9 Å². The van der Waals surface area contributed by atoms with Crippen LogP contribution < -0.4 is 21.5 Å². The molecule has 3 N–H and O–H groups in total. The van der Waals surface area contributed by atoms with Crippen molar-refractivity contribution in [3.05, 3.63) is 70.7 Å². The number of amides is 1. The van der Waals surface area contributed by atoms with Crippen molar-refractivity contribution in [3.63, 3.8) is 0 Å². The fourth-order valence-electron chi connectivity index (χ4n) is 3.73. The first-order chi connectivity index (χ1) is 16.8. The van der Waals surface area contributed by atoms with Gasteiger partial charge in [0.05, 0.1) is 12.2 Å². The number of pyridine rings is 2. The van der Waals surface area contributed by atoms with Gasteiger partial charge in [0.1, 0.15) is 22.9 Å². The number of nitrogens with zero attached hydrogens (tertiary/aromatic N) is 5. The van der Waals surface area contributed by atoms with E-state index in [1.165, 1.54) is 47.4 Å². The van der Waals surface area contributed by atoms with Crippen molar-refractivity contribution in [2.45, 2.75) is 24.8 Å².